The Labute approximate surface area is 355 Å². The summed E-state index contributed by atoms with van der Waals surface area (Å²) in [7, 11) is 1.13. The maximum atomic E-state index is 14.5. The van der Waals surface area contributed by atoms with Crippen LogP contribution in [0.15, 0.2) is 54.7 Å². The zero-order valence-electron chi connectivity index (χ0n) is 35.5. The van der Waals surface area contributed by atoms with Gasteiger partial charge in [0.05, 0.1) is 19.8 Å². The number of amides is 2. The van der Waals surface area contributed by atoms with Gasteiger partial charge < -0.3 is 24.3 Å². The number of carbonyl (C=O) groups excluding carboxylic acids is 3. The molecule has 60 heavy (non-hydrogen) atoms. The van der Waals surface area contributed by atoms with E-state index in [9.17, 15) is 27.6 Å². The van der Waals surface area contributed by atoms with Gasteiger partial charge in [0.15, 0.2) is 0 Å². The van der Waals surface area contributed by atoms with Crippen molar-refractivity contribution in [1.82, 2.24) is 10.3 Å². The molecule has 1 aromatic heterocycles. The topological polar surface area (TPSA) is 116 Å². The first-order valence-electron chi connectivity index (χ1n) is 20.9. The van der Waals surface area contributed by atoms with Crippen LogP contribution in [0.2, 0.25) is 5.02 Å². The molecule has 1 fully saturated rings. The second kappa shape index (κ2) is 17.8. The lowest BCUT2D eigenvalue weighted by Crippen LogP contribution is -2.63. The third-order valence-electron chi connectivity index (χ3n) is 12.4. The predicted octanol–water partition coefficient (Wildman–Crippen LogP) is 10.1. The molecule has 3 aromatic rings. The van der Waals surface area contributed by atoms with Crippen molar-refractivity contribution in [1.29, 1.82) is 0 Å². The van der Waals surface area contributed by atoms with Crippen molar-refractivity contribution in [2.45, 2.75) is 134 Å². The number of hydrogen-bond acceptors (Lipinski definition) is 8. The molecular weight excluding hydrogens is 799 g/mol. The highest BCUT2D eigenvalue weighted by Gasteiger charge is 2.60. The van der Waals surface area contributed by atoms with Crippen LogP contribution in [-0.2, 0) is 37.3 Å². The molecule has 10 nitrogen and oxygen atoms in total. The Hall–Kier alpha value is -4.52. The minimum absolute atomic E-state index is 0.0213. The minimum atomic E-state index is -5.29. The Morgan fingerprint density at radius 3 is 2.40 bits per heavy atom. The van der Waals surface area contributed by atoms with Crippen LogP contribution >= 0.6 is 11.6 Å². The van der Waals surface area contributed by atoms with Gasteiger partial charge in [-0.15, -0.1) is 0 Å². The molecule has 3 aliphatic carbocycles. The molecule has 14 heteroatoms. The number of anilines is 1. The molecule has 1 N–H and O–H groups in total. The molecule has 1 spiro atoms. The Kier molecular flexibility index (Phi) is 13.4. The Morgan fingerprint density at radius 1 is 1.00 bits per heavy atom. The van der Waals surface area contributed by atoms with Gasteiger partial charge in [-0.05, 0) is 156 Å². The second-order valence-electron chi connectivity index (χ2n) is 18.0. The van der Waals surface area contributed by atoms with Gasteiger partial charge in [0.25, 0.3) is 0 Å². The summed E-state index contributed by atoms with van der Waals surface area (Å²) in [6.07, 6.45) is 0.856. The van der Waals surface area contributed by atoms with E-state index in [2.05, 4.69) is 24.1 Å². The highest BCUT2D eigenvalue weighted by atomic mass is 35.5. The maximum absolute atomic E-state index is 14.5. The molecule has 1 saturated carbocycles. The van der Waals surface area contributed by atoms with E-state index in [4.69, 9.17) is 30.5 Å². The first-order valence-corrected chi connectivity index (χ1v) is 21.3. The summed E-state index contributed by atoms with van der Waals surface area (Å²) in [6, 6.07) is 13.0. The number of aryl methyl sites for hydroxylation is 1. The molecular formula is C46H57ClF3N3O7. The number of nitrogens with zero attached hydrogens (tertiary/aromatic N) is 2. The number of hydrogen-bond donors (Lipinski definition) is 1. The van der Waals surface area contributed by atoms with E-state index in [0.29, 0.717) is 29.6 Å². The Bertz CT molecular complexity index is 2050. The first kappa shape index (κ1) is 45.0. The average molecular weight is 856 g/mol. The van der Waals surface area contributed by atoms with Crippen molar-refractivity contribution in [3.05, 3.63) is 82.1 Å². The number of halogens is 4. The highest BCUT2D eigenvalue weighted by molar-refractivity contribution is 6.31. The van der Waals surface area contributed by atoms with Gasteiger partial charge in [0.1, 0.15) is 29.2 Å². The van der Waals surface area contributed by atoms with E-state index in [1.807, 2.05) is 31.2 Å². The minimum Gasteiger partial charge on any atom is -0.493 e. The van der Waals surface area contributed by atoms with Crippen LogP contribution in [0.3, 0.4) is 0 Å². The lowest BCUT2D eigenvalue weighted by molar-refractivity contribution is -0.174. The van der Waals surface area contributed by atoms with Gasteiger partial charge in [0.2, 0.25) is 0 Å². The van der Waals surface area contributed by atoms with Crippen molar-refractivity contribution < 1.29 is 46.5 Å². The lowest BCUT2D eigenvalue weighted by Gasteiger charge is -2.51. The molecule has 4 atom stereocenters. The van der Waals surface area contributed by atoms with Crippen molar-refractivity contribution >= 4 is 35.3 Å². The van der Waals surface area contributed by atoms with E-state index < -0.39 is 40.7 Å². The molecule has 1 heterocycles. The number of alkyl carbamates (subject to hydrolysis) is 1. The van der Waals surface area contributed by atoms with Crippen LogP contribution in [0.1, 0.15) is 115 Å². The average Bonchev–Trinajstić information content (AvgIpc) is 3.46. The third-order valence-corrected chi connectivity index (χ3v) is 12.6. The van der Waals surface area contributed by atoms with E-state index >= 15 is 0 Å². The summed E-state index contributed by atoms with van der Waals surface area (Å²) in [4.78, 5) is 44.9. The number of ether oxygens (including phenoxy) is 4. The standard InChI is InChI=1S/C46H57ClF3N3O7/c1-28(26-59-38-16-21-51-37-13-8-10-29(2)39(37)38)22-32-23-31-14-15-35(58-27-30(3)52-42(56)60-43(4,5)6)25-36(31)44(32)17-19-45(20-18-44,41(55)57-7)53(40(54)46(48,49)50)34-12-9-11-33(47)24-34/h9,11-12,14-16,21,24-25,28-30,32H,8,10,13,17-20,22-23,26-27H2,1-7H3,(H,52,56)/t28-,29-,30+,32+,44?,45?/m1/s1. The molecule has 0 saturated heterocycles. The Balaban J connectivity index is 1.31. The van der Waals surface area contributed by atoms with Crippen molar-refractivity contribution in [3.8, 4) is 11.5 Å². The van der Waals surface area contributed by atoms with E-state index in [1.165, 1.54) is 29.8 Å². The monoisotopic (exact) mass is 855 g/mol. The smallest absolute Gasteiger partial charge is 0.471 e. The van der Waals surface area contributed by atoms with Crippen LogP contribution in [0.5, 0.6) is 11.5 Å². The number of carbonyl (C=O) groups is 3. The van der Waals surface area contributed by atoms with Crippen molar-refractivity contribution in [3.63, 3.8) is 0 Å². The van der Waals surface area contributed by atoms with E-state index in [1.54, 1.807) is 27.0 Å². The number of pyridine rings is 1. The van der Waals surface area contributed by atoms with Gasteiger partial charge in [-0.1, -0.05) is 37.6 Å². The number of methoxy groups -OCH3 is 1. The number of benzene rings is 2. The summed E-state index contributed by atoms with van der Waals surface area (Å²) < 4.78 is 66.8. The lowest BCUT2D eigenvalue weighted by atomic mass is 9.59. The molecule has 0 unspecified atom stereocenters. The molecule has 326 valence electrons. The number of esters is 1. The summed E-state index contributed by atoms with van der Waals surface area (Å²) in [5.41, 5.74) is 0.987. The van der Waals surface area contributed by atoms with Crippen molar-refractivity contribution in [2.24, 2.45) is 11.8 Å². The number of rotatable bonds is 12. The fraction of sp³-hybridized carbons (Fsp3) is 0.565. The summed E-state index contributed by atoms with van der Waals surface area (Å²) in [6.45, 7) is 12.1. The maximum Gasteiger partial charge on any atom is 0.471 e. The fourth-order valence-electron chi connectivity index (χ4n) is 9.70. The van der Waals surface area contributed by atoms with Gasteiger partial charge in [-0.25, -0.2) is 9.59 Å². The molecule has 2 aromatic carbocycles. The predicted molar refractivity (Wildman–Crippen MR) is 223 cm³/mol. The highest BCUT2D eigenvalue weighted by Crippen LogP contribution is 2.58. The van der Waals surface area contributed by atoms with Crippen molar-refractivity contribution in [2.75, 3.05) is 25.2 Å². The summed E-state index contributed by atoms with van der Waals surface area (Å²) in [5, 5.41) is 2.91. The second-order valence-corrected chi connectivity index (χ2v) is 18.4. The molecule has 0 aliphatic heterocycles. The third kappa shape index (κ3) is 9.66. The van der Waals surface area contributed by atoms with Gasteiger partial charge in [0, 0.05) is 28.2 Å². The van der Waals surface area contributed by atoms with Crippen LogP contribution < -0.4 is 19.7 Å². The quantitative estimate of drug-likeness (QED) is 0.179. The normalized spacial score (nSPS) is 23.4. The number of nitrogens with one attached hydrogen (secondary N) is 1. The van der Waals surface area contributed by atoms with Crippen LogP contribution in [0.4, 0.5) is 23.7 Å². The van der Waals surface area contributed by atoms with E-state index in [-0.39, 0.29) is 60.9 Å². The Morgan fingerprint density at radius 2 is 1.73 bits per heavy atom. The van der Waals surface area contributed by atoms with Crippen LogP contribution in [0.25, 0.3) is 0 Å². The zero-order chi connectivity index (χ0) is 43.6. The zero-order valence-corrected chi connectivity index (χ0v) is 36.3. The van der Waals surface area contributed by atoms with E-state index in [0.717, 1.165) is 55.4 Å². The number of alkyl halides is 3. The van der Waals surface area contributed by atoms with Crippen LogP contribution in [-0.4, -0.2) is 66.6 Å². The largest absolute Gasteiger partial charge is 0.493 e. The fourth-order valence-corrected chi connectivity index (χ4v) is 9.88. The summed E-state index contributed by atoms with van der Waals surface area (Å²) in [5.74, 6) is -1.22. The molecule has 2 amide bonds. The molecule has 0 radical (unpaired) electrons. The molecule has 0 bridgehead atoms. The molecule has 3 aliphatic rings. The SMILES string of the molecule is COC(=O)C1(N(C(=O)C(F)(F)F)c2cccc(Cl)c2)CCC2(CC1)c1cc(OC[C@H](C)NC(=O)OC(C)(C)C)ccc1C[C@@H]2C[C@@H](C)COc1ccnc2c1[C@H](C)CCC2. The summed E-state index contributed by atoms with van der Waals surface area (Å²) >= 11 is 6.26. The van der Waals surface area contributed by atoms with Gasteiger partial charge in [-0.3, -0.25) is 14.7 Å². The number of fused-ring (bicyclic) bond motifs is 3. The van der Waals surface area contributed by atoms with Gasteiger partial charge in [-0.2, -0.15) is 13.2 Å². The van der Waals surface area contributed by atoms with Gasteiger partial charge >= 0.3 is 24.1 Å². The molecule has 6 rings (SSSR count). The first-order chi connectivity index (χ1) is 28.3. The van der Waals surface area contributed by atoms with Crippen LogP contribution in [0, 0.1) is 11.8 Å². The number of aromatic nitrogens is 1.